The minimum absolute atomic E-state index is 0.0753. The van der Waals surface area contributed by atoms with E-state index in [9.17, 15) is 14.7 Å². The first kappa shape index (κ1) is 42.9. The second kappa shape index (κ2) is 34.7. The van der Waals surface area contributed by atoms with Crippen LogP contribution in [0.4, 0.5) is 0 Å². The average molecular weight is 626 g/mol. The highest BCUT2D eigenvalue weighted by Crippen LogP contribution is 2.20. The largest absolute Gasteiger partial charge is 0.466 e. The summed E-state index contributed by atoms with van der Waals surface area (Å²) in [6.07, 6.45) is 30.0. The van der Waals surface area contributed by atoms with Crippen molar-refractivity contribution < 1.29 is 24.2 Å². The molecule has 0 amide bonds. The van der Waals surface area contributed by atoms with Crippen molar-refractivity contribution in [2.24, 2.45) is 5.92 Å². The Bertz CT molecular complexity index is 598. The Hall–Kier alpha value is -1.14. The van der Waals surface area contributed by atoms with E-state index in [4.69, 9.17) is 9.47 Å². The van der Waals surface area contributed by atoms with E-state index in [1.54, 1.807) is 0 Å². The molecular weight excluding hydrogens is 550 g/mol. The minimum Gasteiger partial charge on any atom is -0.466 e. The quantitative estimate of drug-likeness (QED) is 0.0558. The lowest BCUT2D eigenvalue weighted by molar-refractivity contribution is -0.145. The molecule has 0 bridgehead atoms. The van der Waals surface area contributed by atoms with Crippen LogP contribution >= 0.6 is 0 Å². The molecule has 6 nitrogen and oxygen atoms in total. The summed E-state index contributed by atoms with van der Waals surface area (Å²) in [6.45, 7) is 9.91. The molecule has 0 aromatic heterocycles. The molecule has 0 rings (SSSR count). The van der Waals surface area contributed by atoms with E-state index in [2.05, 4.69) is 25.7 Å². The zero-order chi connectivity index (χ0) is 32.4. The Labute approximate surface area is 273 Å². The van der Waals surface area contributed by atoms with Gasteiger partial charge in [0.05, 0.1) is 19.8 Å². The van der Waals surface area contributed by atoms with Gasteiger partial charge in [-0.3, -0.25) is 9.59 Å². The Balaban J connectivity index is 4.16. The molecule has 0 aromatic carbocycles. The average Bonchev–Trinajstić information content (AvgIpc) is 3.01. The van der Waals surface area contributed by atoms with Crippen molar-refractivity contribution in [3.05, 3.63) is 0 Å². The molecule has 0 saturated carbocycles. The van der Waals surface area contributed by atoms with Crippen molar-refractivity contribution in [1.82, 2.24) is 4.90 Å². The summed E-state index contributed by atoms with van der Waals surface area (Å²) >= 11 is 0. The number of hydrogen-bond acceptors (Lipinski definition) is 6. The monoisotopic (exact) mass is 626 g/mol. The van der Waals surface area contributed by atoms with Gasteiger partial charge in [0.1, 0.15) is 0 Å². The first-order chi connectivity index (χ1) is 21.6. The number of carbonyl (C=O) groups is 2. The normalized spacial score (nSPS) is 11.5. The fourth-order valence-corrected chi connectivity index (χ4v) is 5.89. The van der Waals surface area contributed by atoms with Crippen molar-refractivity contribution in [2.75, 3.05) is 39.5 Å². The predicted molar refractivity (Wildman–Crippen MR) is 186 cm³/mol. The van der Waals surface area contributed by atoms with Crippen LogP contribution in [-0.4, -0.2) is 61.4 Å². The van der Waals surface area contributed by atoms with Crippen LogP contribution in [0.1, 0.15) is 188 Å². The van der Waals surface area contributed by atoms with E-state index in [-0.39, 0.29) is 18.5 Å². The van der Waals surface area contributed by atoms with Gasteiger partial charge in [-0.25, -0.2) is 0 Å². The highest BCUT2D eigenvalue weighted by Gasteiger charge is 2.14. The molecule has 0 aliphatic carbocycles. The van der Waals surface area contributed by atoms with Crippen molar-refractivity contribution >= 4 is 11.9 Å². The third-order valence-corrected chi connectivity index (χ3v) is 8.80. The van der Waals surface area contributed by atoms with Crippen LogP contribution in [0, 0.1) is 5.92 Å². The van der Waals surface area contributed by atoms with Crippen LogP contribution in [0.5, 0.6) is 0 Å². The Morgan fingerprint density at radius 2 is 0.932 bits per heavy atom. The van der Waals surface area contributed by atoms with Crippen molar-refractivity contribution in [3.63, 3.8) is 0 Å². The van der Waals surface area contributed by atoms with E-state index in [0.29, 0.717) is 51.4 Å². The molecule has 0 aliphatic heterocycles. The maximum absolute atomic E-state index is 12.6. The van der Waals surface area contributed by atoms with Crippen LogP contribution < -0.4 is 0 Å². The van der Waals surface area contributed by atoms with Gasteiger partial charge in [-0.2, -0.15) is 0 Å². The molecule has 6 heteroatoms. The second-order valence-electron chi connectivity index (χ2n) is 13.1. The molecule has 262 valence electrons. The first-order valence-corrected chi connectivity index (χ1v) is 19.2. The van der Waals surface area contributed by atoms with Crippen LogP contribution in [-0.2, 0) is 19.1 Å². The van der Waals surface area contributed by atoms with Crippen molar-refractivity contribution in [3.8, 4) is 0 Å². The van der Waals surface area contributed by atoms with E-state index < -0.39 is 0 Å². The van der Waals surface area contributed by atoms with Crippen molar-refractivity contribution in [2.45, 2.75) is 188 Å². The number of hydrogen-bond donors (Lipinski definition) is 1. The Kier molecular flexibility index (Phi) is 33.8. The van der Waals surface area contributed by atoms with Crippen LogP contribution in [0.25, 0.3) is 0 Å². The predicted octanol–water partition coefficient (Wildman–Crippen LogP) is 10.2. The van der Waals surface area contributed by atoms with Gasteiger partial charge in [-0.15, -0.1) is 0 Å². The fraction of sp³-hybridized carbons (Fsp3) is 0.947. The molecule has 0 saturated heterocycles. The van der Waals surface area contributed by atoms with Crippen molar-refractivity contribution in [1.29, 1.82) is 0 Å². The molecular formula is C38H75NO5. The third kappa shape index (κ3) is 30.9. The molecule has 0 fully saturated rings. The van der Waals surface area contributed by atoms with Gasteiger partial charge in [0.2, 0.25) is 0 Å². The summed E-state index contributed by atoms with van der Waals surface area (Å²) < 4.78 is 11.2. The van der Waals surface area contributed by atoms with Gasteiger partial charge in [-0.1, -0.05) is 143 Å². The summed E-state index contributed by atoms with van der Waals surface area (Å²) in [5.74, 6) is 0.254. The smallest absolute Gasteiger partial charge is 0.305 e. The molecule has 1 N–H and O–H groups in total. The molecule has 0 aromatic rings. The lowest BCUT2D eigenvalue weighted by atomic mass is 9.94. The summed E-state index contributed by atoms with van der Waals surface area (Å²) in [5.41, 5.74) is 0. The minimum atomic E-state index is -0.128. The van der Waals surface area contributed by atoms with Gasteiger partial charge in [0, 0.05) is 19.4 Å². The molecule has 0 unspecified atom stereocenters. The van der Waals surface area contributed by atoms with Crippen LogP contribution in [0.15, 0.2) is 0 Å². The maximum atomic E-state index is 12.6. The Morgan fingerprint density at radius 1 is 0.523 bits per heavy atom. The molecule has 0 aliphatic rings. The van der Waals surface area contributed by atoms with Crippen LogP contribution in [0.2, 0.25) is 0 Å². The highest BCUT2D eigenvalue weighted by molar-refractivity contribution is 5.69. The molecule has 0 heterocycles. The molecule has 0 atom stereocenters. The fourth-order valence-electron chi connectivity index (χ4n) is 5.89. The number of unbranched alkanes of at least 4 members (excludes halogenated alkanes) is 17. The lowest BCUT2D eigenvalue weighted by Crippen LogP contribution is -2.30. The van der Waals surface area contributed by atoms with Gasteiger partial charge < -0.3 is 19.5 Å². The summed E-state index contributed by atoms with van der Waals surface area (Å²) in [6, 6.07) is 0. The van der Waals surface area contributed by atoms with E-state index in [1.807, 2.05) is 0 Å². The van der Waals surface area contributed by atoms with Gasteiger partial charge in [-0.05, 0) is 51.1 Å². The maximum Gasteiger partial charge on any atom is 0.305 e. The summed E-state index contributed by atoms with van der Waals surface area (Å²) in [4.78, 5) is 26.8. The van der Waals surface area contributed by atoms with Gasteiger partial charge in [0.15, 0.2) is 0 Å². The lowest BCUT2D eigenvalue weighted by Gasteiger charge is -2.21. The van der Waals surface area contributed by atoms with Gasteiger partial charge >= 0.3 is 11.9 Å². The zero-order valence-corrected chi connectivity index (χ0v) is 29.7. The topological polar surface area (TPSA) is 76.1 Å². The number of nitrogens with zero attached hydrogens (tertiary/aromatic N) is 1. The standard InChI is InChI=1S/C38H75NO5/c1-4-7-10-13-16-17-20-23-34-43-37(41)28-24-30-39(32-33-40)31-25-29-38(42)44-35-36(26-21-18-14-11-8-5-2)27-22-19-15-12-9-6-3/h36,40H,4-35H2,1-3H3. The first-order valence-electron chi connectivity index (χ1n) is 19.2. The van der Waals surface area contributed by atoms with Gasteiger partial charge in [0.25, 0.3) is 0 Å². The molecule has 0 spiro atoms. The summed E-state index contributed by atoms with van der Waals surface area (Å²) in [5, 5.41) is 9.48. The van der Waals surface area contributed by atoms with E-state index >= 15 is 0 Å². The molecule has 0 radical (unpaired) electrons. The number of aliphatic hydroxyl groups excluding tert-OH is 1. The van der Waals surface area contributed by atoms with E-state index in [1.165, 1.54) is 128 Å². The number of carbonyl (C=O) groups excluding carboxylic acids is 2. The molecule has 44 heavy (non-hydrogen) atoms. The number of rotatable bonds is 35. The number of aliphatic hydroxyl groups is 1. The third-order valence-electron chi connectivity index (χ3n) is 8.80. The SMILES string of the molecule is CCCCCCCCCCOC(=O)CCCN(CCO)CCCC(=O)OCC(CCCCCCCC)CCCCCCCC. The summed E-state index contributed by atoms with van der Waals surface area (Å²) in [7, 11) is 0. The zero-order valence-electron chi connectivity index (χ0n) is 29.7. The number of ether oxygens (including phenoxy) is 2. The van der Waals surface area contributed by atoms with Crippen LogP contribution in [0.3, 0.4) is 0 Å². The highest BCUT2D eigenvalue weighted by atomic mass is 16.5. The van der Waals surface area contributed by atoms with E-state index in [0.717, 1.165) is 25.9 Å². The second-order valence-corrected chi connectivity index (χ2v) is 13.1. The number of esters is 2. The Morgan fingerprint density at radius 3 is 1.39 bits per heavy atom.